The number of hydrogen-bond acceptors (Lipinski definition) is 3. The van der Waals surface area contributed by atoms with E-state index in [1.807, 2.05) is 0 Å². The van der Waals surface area contributed by atoms with Crippen LogP contribution < -0.4 is 5.32 Å². The number of rotatable bonds is 7. The van der Waals surface area contributed by atoms with E-state index in [1.54, 1.807) is 30.0 Å². The van der Waals surface area contributed by atoms with Crippen molar-refractivity contribution in [1.29, 1.82) is 0 Å². The third-order valence-corrected chi connectivity index (χ3v) is 3.77. The summed E-state index contributed by atoms with van der Waals surface area (Å²) in [6.45, 7) is 0.785. The summed E-state index contributed by atoms with van der Waals surface area (Å²) in [5.41, 5.74) is 0.432. The van der Waals surface area contributed by atoms with E-state index in [0.29, 0.717) is 22.2 Å². The molecule has 0 saturated carbocycles. The van der Waals surface area contributed by atoms with Crippen molar-refractivity contribution in [1.82, 2.24) is 5.32 Å². The fraction of sp³-hybridized carbons (Fsp3) is 0.417. The number of carbonyl (C=O) groups excluding carboxylic acids is 1. The van der Waals surface area contributed by atoms with Crippen LogP contribution in [0.2, 0.25) is 10.0 Å². The van der Waals surface area contributed by atoms with Gasteiger partial charge in [0.05, 0.1) is 10.6 Å². The van der Waals surface area contributed by atoms with E-state index in [1.165, 1.54) is 0 Å². The third-order valence-electron chi connectivity index (χ3n) is 2.15. The van der Waals surface area contributed by atoms with Crippen molar-refractivity contribution < 1.29 is 9.90 Å². The molecule has 0 aromatic heterocycles. The second-order valence-electron chi connectivity index (χ2n) is 3.57. The van der Waals surface area contributed by atoms with Crippen LogP contribution in [0.15, 0.2) is 18.2 Å². The van der Waals surface area contributed by atoms with Gasteiger partial charge in [0.2, 0.25) is 0 Å². The molecule has 0 radical (unpaired) electrons. The molecule has 0 aliphatic rings. The van der Waals surface area contributed by atoms with Gasteiger partial charge in [-0.2, -0.15) is 11.8 Å². The molecule has 18 heavy (non-hydrogen) atoms. The number of aliphatic hydroxyl groups is 1. The van der Waals surface area contributed by atoms with Gasteiger partial charge in [0.15, 0.2) is 0 Å². The molecule has 1 aromatic rings. The molecule has 2 N–H and O–H groups in total. The summed E-state index contributed by atoms with van der Waals surface area (Å²) in [6.07, 6.45) is 0.779. The number of halogens is 2. The van der Waals surface area contributed by atoms with Gasteiger partial charge in [-0.3, -0.25) is 4.79 Å². The lowest BCUT2D eigenvalue weighted by Gasteiger charge is -2.06. The molecule has 6 heteroatoms. The number of benzene rings is 1. The van der Waals surface area contributed by atoms with Crippen molar-refractivity contribution in [2.45, 2.75) is 6.42 Å². The molecule has 0 saturated heterocycles. The fourth-order valence-electron chi connectivity index (χ4n) is 1.27. The summed E-state index contributed by atoms with van der Waals surface area (Å²) in [4.78, 5) is 11.8. The Kier molecular flexibility index (Phi) is 7.51. The van der Waals surface area contributed by atoms with Gasteiger partial charge in [-0.15, -0.1) is 0 Å². The van der Waals surface area contributed by atoms with Gasteiger partial charge in [0.1, 0.15) is 0 Å². The van der Waals surface area contributed by atoms with Gasteiger partial charge in [0.25, 0.3) is 5.91 Å². The van der Waals surface area contributed by atoms with Crippen LogP contribution in [-0.2, 0) is 0 Å². The van der Waals surface area contributed by atoms with Crippen molar-refractivity contribution in [3.63, 3.8) is 0 Å². The van der Waals surface area contributed by atoms with Gasteiger partial charge in [-0.25, -0.2) is 0 Å². The van der Waals surface area contributed by atoms with Gasteiger partial charge < -0.3 is 10.4 Å². The minimum atomic E-state index is -0.195. The minimum absolute atomic E-state index is 0.195. The molecule has 0 aliphatic heterocycles. The molecule has 0 atom stereocenters. The van der Waals surface area contributed by atoms with Gasteiger partial charge >= 0.3 is 0 Å². The average Bonchev–Trinajstić information content (AvgIpc) is 2.33. The molecule has 1 amide bonds. The molecule has 0 spiro atoms. The van der Waals surface area contributed by atoms with Crippen LogP contribution in [0.25, 0.3) is 0 Å². The van der Waals surface area contributed by atoms with Crippen LogP contribution >= 0.6 is 35.0 Å². The van der Waals surface area contributed by atoms with Crippen LogP contribution in [0.4, 0.5) is 0 Å². The molecule has 1 aromatic carbocycles. The lowest BCUT2D eigenvalue weighted by Crippen LogP contribution is -2.26. The summed E-state index contributed by atoms with van der Waals surface area (Å²) in [5.74, 6) is 1.52. The Hall–Kier alpha value is -0.420. The lowest BCUT2D eigenvalue weighted by atomic mass is 10.2. The van der Waals surface area contributed by atoms with Crippen LogP contribution in [0, 0.1) is 0 Å². The molecule has 3 nitrogen and oxygen atoms in total. The van der Waals surface area contributed by atoms with Gasteiger partial charge in [0, 0.05) is 23.9 Å². The second-order valence-corrected chi connectivity index (χ2v) is 5.64. The largest absolute Gasteiger partial charge is 0.396 e. The smallest absolute Gasteiger partial charge is 0.252 e. The van der Waals surface area contributed by atoms with Gasteiger partial charge in [-0.05, 0) is 30.4 Å². The highest BCUT2D eigenvalue weighted by atomic mass is 35.5. The number of thioether (sulfide) groups is 1. The minimum Gasteiger partial charge on any atom is -0.396 e. The van der Waals surface area contributed by atoms with Crippen LogP contribution in [0.5, 0.6) is 0 Å². The molecule has 0 fully saturated rings. The van der Waals surface area contributed by atoms with E-state index in [-0.39, 0.29) is 12.5 Å². The highest BCUT2D eigenvalue weighted by Crippen LogP contribution is 2.20. The Morgan fingerprint density at radius 1 is 1.33 bits per heavy atom. The number of aliphatic hydroxyl groups excluding tert-OH is 1. The Balaban J connectivity index is 2.32. The second kappa shape index (κ2) is 8.64. The fourth-order valence-corrected chi connectivity index (χ4v) is 2.55. The maximum absolute atomic E-state index is 11.8. The number of amides is 1. The predicted molar refractivity (Wildman–Crippen MR) is 77.8 cm³/mol. The summed E-state index contributed by atoms with van der Waals surface area (Å²) >= 11 is 13.4. The van der Waals surface area contributed by atoms with E-state index in [0.717, 1.165) is 17.9 Å². The summed E-state index contributed by atoms with van der Waals surface area (Å²) < 4.78 is 0. The first-order chi connectivity index (χ1) is 8.65. The molecular weight excluding hydrogens is 293 g/mol. The Morgan fingerprint density at radius 2 is 2.11 bits per heavy atom. The average molecular weight is 308 g/mol. The number of carbonyl (C=O) groups is 1. The lowest BCUT2D eigenvalue weighted by molar-refractivity contribution is 0.0956. The number of hydrogen-bond donors (Lipinski definition) is 2. The molecule has 0 heterocycles. The van der Waals surface area contributed by atoms with Crippen molar-refractivity contribution in [2.24, 2.45) is 0 Å². The quantitative estimate of drug-likeness (QED) is 0.762. The third kappa shape index (κ3) is 5.48. The Bertz CT molecular complexity index is 402. The van der Waals surface area contributed by atoms with Crippen molar-refractivity contribution >= 4 is 40.9 Å². The van der Waals surface area contributed by atoms with Crippen LogP contribution in [-0.4, -0.2) is 35.7 Å². The van der Waals surface area contributed by atoms with E-state index in [2.05, 4.69) is 5.32 Å². The van der Waals surface area contributed by atoms with E-state index >= 15 is 0 Å². The van der Waals surface area contributed by atoms with Gasteiger partial charge in [-0.1, -0.05) is 23.2 Å². The highest BCUT2D eigenvalue weighted by molar-refractivity contribution is 7.99. The first-order valence-electron chi connectivity index (χ1n) is 5.57. The first-order valence-corrected chi connectivity index (χ1v) is 7.48. The Morgan fingerprint density at radius 3 is 2.78 bits per heavy atom. The topological polar surface area (TPSA) is 49.3 Å². The molecular formula is C12H15Cl2NO2S. The van der Waals surface area contributed by atoms with E-state index in [4.69, 9.17) is 28.3 Å². The first kappa shape index (κ1) is 15.6. The highest BCUT2D eigenvalue weighted by Gasteiger charge is 2.09. The number of nitrogens with one attached hydrogen (secondary N) is 1. The summed E-state index contributed by atoms with van der Waals surface area (Å²) in [5, 5.41) is 12.3. The molecule has 0 bridgehead atoms. The summed E-state index contributed by atoms with van der Waals surface area (Å²) in [7, 11) is 0. The zero-order valence-electron chi connectivity index (χ0n) is 9.79. The van der Waals surface area contributed by atoms with Crippen LogP contribution in [0.3, 0.4) is 0 Å². The molecule has 1 rings (SSSR count). The zero-order chi connectivity index (χ0) is 13.4. The Labute approximate surface area is 121 Å². The SMILES string of the molecule is O=C(NCCSCCCO)c1ccc(Cl)cc1Cl. The van der Waals surface area contributed by atoms with Crippen LogP contribution in [0.1, 0.15) is 16.8 Å². The molecule has 0 unspecified atom stereocenters. The molecule has 0 aliphatic carbocycles. The monoisotopic (exact) mass is 307 g/mol. The predicted octanol–water partition coefficient (Wildman–Crippen LogP) is 2.84. The van der Waals surface area contributed by atoms with Crippen molar-refractivity contribution in [3.05, 3.63) is 33.8 Å². The molecule has 100 valence electrons. The van der Waals surface area contributed by atoms with Crippen molar-refractivity contribution in [2.75, 3.05) is 24.7 Å². The normalized spacial score (nSPS) is 10.4. The summed E-state index contributed by atoms with van der Waals surface area (Å²) in [6, 6.07) is 4.80. The standard InChI is InChI=1S/C12H15Cl2NO2S/c13-9-2-3-10(11(14)8-9)12(17)15-4-7-18-6-1-5-16/h2-3,8,16H,1,4-7H2,(H,15,17). The maximum atomic E-state index is 11.8. The van der Waals surface area contributed by atoms with E-state index < -0.39 is 0 Å². The zero-order valence-corrected chi connectivity index (χ0v) is 12.1. The van der Waals surface area contributed by atoms with E-state index in [9.17, 15) is 4.79 Å². The maximum Gasteiger partial charge on any atom is 0.252 e. The van der Waals surface area contributed by atoms with Crippen molar-refractivity contribution in [3.8, 4) is 0 Å².